The van der Waals surface area contributed by atoms with Crippen LogP contribution in [0.25, 0.3) is 6.08 Å². The van der Waals surface area contributed by atoms with E-state index in [0.29, 0.717) is 31.9 Å². The number of carbonyl (C=O) groups excluding carboxylic acids is 3. The van der Waals surface area contributed by atoms with Gasteiger partial charge in [0.15, 0.2) is 0 Å². The van der Waals surface area contributed by atoms with Crippen LogP contribution in [0, 0.1) is 12.8 Å². The van der Waals surface area contributed by atoms with Gasteiger partial charge in [0.2, 0.25) is 5.91 Å². The van der Waals surface area contributed by atoms with E-state index in [1.54, 1.807) is 29.4 Å². The molecule has 0 spiro atoms. The lowest BCUT2D eigenvalue weighted by Gasteiger charge is -2.31. The monoisotopic (exact) mass is 409 g/mol. The number of nitrogens with zero attached hydrogens (tertiary/aromatic N) is 1. The van der Waals surface area contributed by atoms with Gasteiger partial charge >= 0.3 is 11.8 Å². The summed E-state index contributed by atoms with van der Waals surface area (Å²) in [6.45, 7) is 4.00. The van der Waals surface area contributed by atoms with Gasteiger partial charge in [-0.15, -0.1) is 0 Å². The van der Waals surface area contributed by atoms with Gasteiger partial charge in [0.25, 0.3) is 0 Å². The highest BCUT2D eigenvalue weighted by molar-refractivity contribution is 6.35. The minimum Gasteiger partial charge on any atom is -0.465 e. The van der Waals surface area contributed by atoms with E-state index in [1.165, 1.54) is 6.08 Å². The number of piperidine rings is 1. The van der Waals surface area contributed by atoms with Crippen LogP contribution in [-0.2, 0) is 20.9 Å². The predicted molar refractivity (Wildman–Crippen MR) is 113 cm³/mol. The van der Waals surface area contributed by atoms with Crippen molar-refractivity contribution in [1.29, 1.82) is 0 Å². The summed E-state index contributed by atoms with van der Waals surface area (Å²) < 4.78 is 5.18. The highest BCUT2D eigenvalue weighted by Gasteiger charge is 2.23. The van der Waals surface area contributed by atoms with E-state index >= 15 is 0 Å². The maximum Gasteiger partial charge on any atom is 0.309 e. The fourth-order valence-corrected chi connectivity index (χ4v) is 3.29. The molecule has 1 saturated heterocycles. The third-order valence-corrected chi connectivity index (χ3v) is 5.19. The van der Waals surface area contributed by atoms with Crippen LogP contribution in [-0.4, -0.2) is 42.3 Å². The van der Waals surface area contributed by atoms with Crippen molar-refractivity contribution in [3.63, 3.8) is 0 Å². The van der Waals surface area contributed by atoms with Gasteiger partial charge in [-0.05, 0) is 49.5 Å². The number of furan rings is 1. The molecule has 0 aliphatic carbocycles. The van der Waals surface area contributed by atoms with Crippen LogP contribution in [0.2, 0.25) is 0 Å². The van der Waals surface area contributed by atoms with Crippen molar-refractivity contribution in [3.8, 4) is 0 Å². The number of nitrogens with one attached hydrogen (secondary N) is 2. The zero-order valence-corrected chi connectivity index (χ0v) is 17.1. The Hall–Kier alpha value is -3.35. The molecule has 158 valence electrons. The minimum atomic E-state index is -0.633. The second-order valence-corrected chi connectivity index (χ2v) is 7.50. The van der Waals surface area contributed by atoms with Gasteiger partial charge in [0.05, 0.1) is 6.26 Å². The number of hydrogen-bond donors (Lipinski definition) is 2. The number of carbonyl (C=O) groups is 3. The van der Waals surface area contributed by atoms with Crippen molar-refractivity contribution in [3.05, 3.63) is 65.6 Å². The first-order valence-corrected chi connectivity index (χ1v) is 10.1. The smallest absolute Gasteiger partial charge is 0.309 e. The molecular formula is C23H27N3O4. The maximum absolute atomic E-state index is 12.2. The zero-order chi connectivity index (χ0) is 21.3. The van der Waals surface area contributed by atoms with Crippen molar-refractivity contribution in [2.24, 2.45) is 5.92 Å². The van der Waals surface area contributed by atoms with Crippen molar-refractivity contribution in [2.45, 2.75) is 26.3 Å². The molecular weight excluding hydrogens is 382 g/mol. The minimum absolute atomic E-state index is 0.0515. The molecule has 1 aliphatic heterocycles. The summed E-state index contributed by atoms with van der Waals surface area (Å²) in [5.74, 6) is -0.420. The zero-order valence-electron chi connectivity index (χ0n) is 17.1. The van der Waals surface area contributed by atoms with Gasteiger partial charge in [-0.3, -0.25) is 14.4 Å². The van der Waals surface area contributed by atoms with Crippen LogP contribution < -0.4 is 10.6 Å². The molecule has 7 heteroatoms. The molecule has 0 saturated carbocycles. The molecule has 1 aromatic carbocycles. The molecule has 3 amide bonds. The Kier molecular flexibility index (Phi) is 7.43. The molecule has 2 aromatic rings. The summed E-state index contributed by atoms with van der Waals surface area (Å²) >= 11 is 0. The molecule has 2 N–H and O–H groups in total. The lowest BCUT2D eigenvalue weighted by Crippen LogP contribution is -2.44. The van der Waals surface area contributed by atoms with Gasteiger partial charge in [0.1, 0.15) is 5.76 Å². The summed E-state index contributed by atoms with van der Waals surface area (Å²) in [6, 6.07) is 11.3. The van der Waals surface area contributed by atoms with E-state index in [1.807, 2.05) is 31.2 Å². The van der Waals surface area contributed by atoms with E-state index < -0.39 is 11.8 Å². The first kappa shape index (κ1) is 21.4. The predicted octanol–water partition coefficient (Wildman–Crippen LogP) is 2.27. The summed E-state index contributed by atoms with van der Waals surface area (Å²) in [5, 5.41) is 5.34. The number of hydrogen-bond acceptors (Lipinski definition) is 4. The Labute approximate surface area is 176 Å². The van der Waals surface area contributed by atoms with E-state index in [0.717, 1.165) is 24.0 Å². The first-order valence-electron chi connectivity index (χ1n) is 10.1. The average molecular weight is 409 g/mol. The lowest BCUT2D eigenvalue weighted by atomic mass is 9.96. The van der Waals surface area contributed by atoms with Crippen LogP contribution in [0.4, 0.5) is 0 Å². The number of rotatable bonds is 6. The topological polar surface area (TPSA) is 91.7 Å². The fourth-order valence-electron chi connectivity index (χ4n) is 3.29. The Bertz CT molecular complexity index is 880. The molecule has 0 atom stereocenters. The van der Waals surface area contributed by atoms with Crippen LogP contribution >= 0.6 is 0 Å². The normalized spacial score (nSPS) is 14.6. The van der Waals surface area contributed by atoms with Gasteiger partial charge in [0, 0.05) is 32.3 Å². The Morgan fingerprint density at radius 3 is 2.43 bits per heavy atom. The van der Waals surface area contributed by atoms with Gasteiger partial charge in [-0.2, -0.15) is 0 Å². The van der Waals surface area contributed by atoms with Crippen LogP contribution in [0.3, 0.4) is 0 Å². The van der Waals surface area contributed by atoms with E-state index in [4.69, 9.17) is 4.42 Å². The highest BCUT2D eigenvalue weighted by atomic mass is 16.3. The molecule has 0 radical (unpaired) electrons. The fraction of sp³-hybridized carbons (Fsp3) is 0.348. The summed E-state index contributed by atoms with van der Waals surface area (Å²) in [6.07, 6.45) is 6.30. The van der Waals surface area contributed by atoms with Gasteiger partial charge in [-0.25, -0.2) is 0 Å². The molecule has 0 unspecified atom stereocenters. The number of aryl methyl sites for hydroxylation is 1. The SMILES string of the molecule is Cc1ccc(CNC(=O)C(=O)NCC2CCN(C(=O)/C=C/c3ccco3)CC2)cc1. The lowest BCUT2D eigenvalue weighted by molar-refractivity contribution is -0.139. The van der Waals surface area contributed by atoms with Crippen molar-refractivity contribution >= 4 is 23.8 Å². The second kappa shape index (κ2) is 10.4. The summed E-state index contributed by atoms with van der Waals surface area (Å²) in [5.41, 5.74) is 2.09. The average Bonchev–Trinajstić information content (AvgIpc) is 3.29. The van der Waals surface area contributed by atoms with Crippen LogP contribution in [0.15, 0.2) is 53.2 Å². The van der Waals surface area contributed by atoms with Crippen molar-refractivity contribution in [1.82, 2.24) is 15.5 Å². The van der Waals surface area contributed by atoms with Crippen LogP contribution in [0.5, 0.6) is 0 Å². The molecule has 1 fully saturated rings. The Balaban J connectivity index is 1.34. The molecule has 3 rings (SSSR count). The summed E-state index contributed by atoms with van der Waals surface area (Å²) in [4.78, 5) is 38.0. The number of likely N-dealkylation sites (tertiary alicyclic amines) is 1. The molecule has 2 heterocycles. The molecule has 7 nitrogen and oxygen atoms in total. The van der Waals surface area contributed by atoms with Gasteiger partial charge in [-0.1, -0.05) is 29.8 Å². The Morgan fingerprint density at radius 2 is 1.77 bits per heavy atom. The number of benzene rings is 1. The Morgan fingerprint density at radius 1 is 1.07 bits per heavy atom. The second-order valence-electron chi connectivity index (χ2n) is 7.50. The van der Waals surface area contributed by atoms with E-state index in [-0.39, 0.29) is 11.8 Å². The molecule has 0 bridgehead atoms. The standard InChI is InChI=1S/C23H27N3O4/c1-17-4-6-18(7-5-17)15-24-22(28)23(29)25-16-19-10-12-26(13-11-19)21(27)9-8-20-3-2-14-30-20/h2-9,14,19H,10-13,15-16H2,1H3,(H,24,28)(H,25,29)/b9-8+. The van der Waals surface area contributed by atoms with E-state index in [2.05, 4.69) is 10.6 Å². The molecule has 1 aromatic heterocycles. The molecule has 1 aliphatic rings. The van der Waals surface area contributed by atoms with Crippen LogP contribution in [0.1, 0.15) is 29.7 Å². The highest BCUT2D eigenvalue weighted by Crippen LogP contribution is 2.17. The van der Waals surface area contributed by atoms with E-state index in [9.17, 15) is 14.4 Å². The molecule has 30 heavy (non-hydrogen) atoms. The van der Waals surface area contributed by atoms with Crippen molar-refractivity contribution < 1.29 is 18.8 Å². The largest absolute Gasteiger partial charge is 0.465 e. The first-order chi connectivity index (χ1) is 14.5. The summed E-state index contributed by atoms with van der Waals surface area (Å²) in [7, 11) is 0. The third kappa shape index (κ3) is 6.34. The van der Waals surface area contributed by atoms with Gasteiger partial charge < -0.3 is 20.0 Å². The quantitative estimate of drug-likeness (QED) is 0.566. The third-order valence-electron chi connectivity index (χ3n) is 5.19. The number of amides is 3. The van der Waals surface area contributed by atoms with Crippen molar-refractivity contribution in [2.75, 3.05) is 19.6 Å². The maximum atomic E-state index is 12.2.